The van der Waals surface area contributed by atoms with Gasteiger partial charge >= 0.3 is 5.97 Å². The number of nitrogens with zero attached hydrogens (tertiary/aromatic N) is 2. The van der Waals surface area contributed by atoms with Crippen molar-refractivity contribution in [3.05, 3.63) is 35.4 Å². The minimum atomic E-state index is -0.740. The third kappa shape index (κ3) is 2.63. The lowest BCUT2D eigenvalue weighted by Crippen LogP contribution is -2.35. The fraction of sp³-hybridized carbons (Fsp3) is 0.385. The minimum Gasteiger partial charge on any atom is -0.480 e. The average molecular weight is 230 g/mol. The standard InChI is InChI=1S/C13H14N2O2/c14-8-10-3-5-11(6-4-10)9-15-7-1-2-12(15)13(16)17/h3-6,12H,1-2,7,9H2,(H,16,17). The lowest BCUT2D eigenvalue weighted by molar-refractivity contribution is -0.142. The number of rotatable bonds is 3. The van der Waals surface area contributed by atoms with E-state index in [0.717, 1.165) is 24.9 Å². The monoisotopic (exact) mass is 230 g/mol. The summed E-state index contributed by atoms with van der Waals surface area (Å²) in [4.78, 5) is 13.0. The van der Waals surface area contributed by atoms with Gasteiger partial charge in [-0.3, -0.25) is 9.69 Å². The van der Waals surface area contributed by atoms with Crippen LogP contribution in [0.1, 0.15) is 24.0 Å². The Labute approximate surface area is 100 Å². The summed E-state index contributed by atoms with van der Waals surface area (Å²) in [5, 5.41) is 17.7. The van der Waals surface area contributed by atoms with Gasteiger partial charge in [0.2, 0.25) is 0 Å². The van der Waals surface area contributed by atoms with Crippen molar-refractivity contribution < 1.29 is 9.90 Å². The molecular formula is C13H14N2O2. The Hall–Kier alpha value is -1.86. The van der Waals surface area contributed by atoms with Gasteiger partial charge in [-0.2, -0.15) is 5.26 Å². The second kappa shape index (κ2) is 4.98. The molecule has 1 unspecified atom stereocenters. The van der Waals surface area contributed by atoms with E-state index in [4.69, 9.17) is 10.4 Å². The van der Waals surface area contributed by atoms with Crippen LogP contribution in [-0.4, -0.2) is 28.6 Å². The van der Waals surface area contributed by atoms with E-state index in [1.165, 1.54) is 0 Å². The molecule has 0 aromatic heterocycles. The number of carboxylic acids is 1. The Kier molecular flexibility index (Phi) is 3.40. The van der Waals surface area contributed by atoms with Crippen LogP contribution in [-0.2, 0) is 11.3 Å². The maximum atomic E-state index is 11.0. The largest absolute Gasteiger partial charge is 0.480 e. The summed E-state index contributed by atoms with van der Waals surface area (Å²) < 4.78 is 0. The molecule has 1 N–H and O–H groups in total. The summed E-state index contributed by atoms with van der Waals surface area (Å²) in [6.45, 7) is 1.47. The van der Waals surface area contributed by atoms with E-state index in [1.54, 1.807) is 12.1 Å². The summed E-state index contributed by atoms with van der Waals surface area (Å²) in [5.74, 6) is -0.740. The van der Waals surface area contributed by atoms with E-state index in [-0.39, 0.29) is 6.04 Å². The molecule has 1 fully saturated rings. The molecule has 0 radical (unpaired) electrons. The second-order valence-corrected chi connectivity index (χ2v) is 4.28. The lowest BCUT2D eigenvalue weighted by Gasteiger charge is -2.20. The highest BCUT2D eigenvalue weighted by atomic mass is 16.4. The normalized spacial score (nSPS) is 20.1. The first-order valence-corrected chi connectivity index (χ1v) is 5.66. The van der Waals surface area contributed by atoms with E-state index in [0.29, 0.717) is 12.1 Å². The number of aliphatic carboxylic acids is 1. The smallest absolute Gasteiger partial charge is 0.320 e. The summed E-state index contributed by atoms with van der Waals surface area (Å²) in [5.41, 5.74) is 1.68. The Morgan fingerprint density at radius 2 is 2.18 bits per heavy atom. The summed E-state index contributed by atoms with van der Waals surface area (Å²) in [6, 6.07) is 9.01. The van der Waals surface area contributed by atoms with Gasteiger partial charge in [-0.05, 0) is 37.1 Å². The van der Waals surface area contributed by atoms with E-state index < -0.39 is 5.97 Å². The predicted octanol–water partition coefficient (Wildman–Crippen LogP) is 1.61. The predicted molar refractivity (Wildman–Crippen MR) is 62.2 cm³/mol. The maximum absolute atomic E-state index is 11.0. The molecule has 0 amide bonds. The molecule has 1 aliphatic rings. The van der Waals surface area contributed by atoms with Gasteiger partial charge in [0.25, 0.3) is 0 Å². The quantitative estimate of drug-likeness (QED) is 0.856. The molecule has 1 atom stereocenters. The molecule has 0 aliphatic carbocycles. The van der Waals surface area contributed by atoms with Crippen LogP contribution in [0.2, 0.25) is 0 Å². The first kappa shape index (κ1) is 11.6. The van der Waals surface area contributed by atoms with Gasteiger partial charge < -0.3 is 5.11 Å². The number of hydrogen-bond donors (Lipinski definition) is 1. The van der Waals surface area contributed by atoms with Gasteiger partial charge in [0.1, 0.15) is 6.04 Å². The molecule has 1 aliphatic heterocycles. The number of carboxylic acid groups (broad SMARTS) is 1. The van der Waals surface area contributed by atoms with Crippen LogP contribution in [0.5, 0.6) is 0 Å². The van der Waals surface area contributed by atoms with Gasteiger partial charge in [-0.25, -0.2) is 0 Å². The third-order valence-corrected chi connectivity index (χ3v) is 3.12. The first-order chi connectivity index (χ1) is 8.20. The van der Waals surface area contributed by atoms with E-state index in [1.807, 2.05) is 17.0 Å². The van der Waals surface area contributed by atoms with Gasteiger partial charge in [0.15, 0.2) is 0 Å². The van der Waals surface area contributed by atoms with Crippen molar-refractivity contribution in [1.82, 2.24) is 4.90 Å². The molecule has 4 heteroatoms. The maximum Gasteiger partial charge on any atom is 0.320 e. The van der Waals surface area contributed by atoms with Crippen molar-refractivity contribution in [2.45, 2.75) is 25.4 Å². The summed E-state index contributed by atoms with van der Waals surface area (Å²) >= 11 is 0. The Balaban J connectivity index is 2.05. The summed E-state index contributed by atoms with van der Waals surface area (Å²) in [7, 11) is 0. The van der Waals surface area contributed by atoms with E-state index >= 15 is 0 Å². The average Bonchev–Trinajstić information content (AvgIpc) is 2.78. The molecular weight excluding hydrogens is 216 g/mol. The van der Waals surface area contributed by atoms with Crippen molar-refractivity contribution >= 4 is 5.97 Å². The number of nitriles is 1. The van der Waals surface area contributed by atoms with Gasteiger partial charge in [0, 0.05) is 6.54 Å². The van der Waals surface area contributed by atoms with Crippen molar-refractivity contribution in [2.75, 3.05) is 6.54 Å². The topological polar surface area (TPSA) is 64.3 Å². The zero-order valence-electron chi connectivity index (χ0n) is 9.47. The van der Waals surface area contributed by atoms with Crippen LogP contribution in [0.3, 0.4) is 0 Å². The molecule has 0 bridgehead atoms. The van der Waals surface area contributed by atoms with Crippen LogP contribution in [0.15, 0.2) is 24.3 Å². The fourth-order valence-corrected chi connectivity index (χ4v) is 2.21. The third-order valence-electron chi connectivity index (χ3n) is 3.12. The Bertz CT molecular complexity index is 447. The van der Waals surface area contributed by atoms with Crippen LogP contribution in [0.4, 0.5) is 0 Å². The van der Waals surface area contributed by atoms with Gasteiger partial charge in [-0.15, -0.1) is 0 Å². The SMILES string of the molecule is N#Cc1ccc(CN2CCCC2C(=O)O)cc1. The highest BCUT2D eigenvalue weighted by molar-refractivity contribution is 5.73. The van der Waals surface area contributed by atoms with Crippen molar-refractivity contribution in [2.24, 2.45) is 0 Å². The Morgan fingerprint density at radius 3 is 2.76 bits per heavy atom. The van der Waals surface area contributed by atoms with E-state index in [9.17, 15) is 4.79 Å². The molecule has 4 nitrogen and oxygen atoms in total. The molecule has 2 rings (SSSR count). The Morgan fingerprint density at radius 1 is 1.47 bits per heavy atom. The second-order valence-electron chi connectivity index (χ2n) is 4.28. The molecule has 1 aromatic rings. The minimum absolute atomic E-state index is 0.356. The fourth-order valence-electron chi connectivity index (χ4n) is 2.21. The molecule has 88 valence electrons. The van der Waals surface area contributed by atoms with Crippen molar-refractivity contribution in [3.8, 4) is 6.07 Å². The molecule has 1 heterocycles. The molecule has 17 heavy (non-hydrogen) atoms. The van der Waals surface area contributed by atoms with Crippen LogP contribution < -0.4 is 0 Å². The zero-order chi connectivity index (χ0) is 12.3. The van der Waals surface area contributed by atoms with Crippen molar-refractivity contribution in [1.29, 1.82) is 5.26 Å². The van der Waals surface area contributed by atoms with Crippen LogP contribution in [0, 0.1) is 11.3 Å². The molecule has 1 aromatic carbocycles. The molecule has 0 saturated carbocycles. The molecule has 0 spiro atoms. The van der Waals surface area contributed by atoms with Gasteiger partial charge in [-0.1, -0.05) is 12.1 Å². The number of likely N-dealkylation sites (tertiary alicyclic amines) is 1. The highest BCUT2D eigenvalue weighted by Crippen LogP contribution is 2.20. The number of benzene rings is 1. The van der Waals surface area contributed by atoms with Crippen molar-refractivity contribution in [3.63, 3.8) is 0 Å². The molecule has 1 saturated heterocycles. The summed E-state index contributed by atoms with van der Waals surface area (Å²) in [6.07, 6.45) is 1.67. The van der Waals surface area contributed by atoms with Gasteiger partial charge in [0.05, 0.1) is 11.6 Å². The van der Waals surface area contributed by atoms with E-state index in [2.05, 4.69) is 6.07 Å². The van der Waals surface area contributed by atoms with Crippen LogP contribution in [0.25, 0.3) is 0 Å². The van der Waals surface area contributed by atoms with Crippen LogP contribution >= 0.6 is 0 Å². The lowest BCUT2D eigenvalue weighted by atomic mass is 10.1. The number of hydrogen-bond acceptors (Lipinski definition) is 3. The number of carbonyl (C=O) groups is 1. The highest BCUT2D eigenvalue weighted by Gasteiger charge is 2.30. The zero-order valence-corrected chi connectivity index (χ0v) is 9.47. The first-order valence-electron chi connectivity index (χ1n) is 5.66.